The van der Waals surface area contributed by atoms with E-state index in [9.17, 15) is 13.2 Å². The summed E-state index contributed by atoms with van der Waals surface area (Å²) in [5.41, 5.74) is 1.77. The molecule has 0 aliphatic heterocycles. The van der Waals surface area contributed by atoms with E-state index in [1.165, 1.54) is 0 Å². The summed E-state index contributed by atoms with van der Waals surface area (Å²) < 4.78 is 31.9. The van der Waals surface area contributed by atoms with Gasteiger partial charge in [-0.1, -0.05) is 54.6 Å². The topological polar surface area (TPSA) is 140 Å². The molecule has 0 spiro atoms. The van der Waals surface area contributed by atoms with Gasteiger partial charge in [-0.2, -0.15) is 9.71 Å². The normalized spacial score (nSPS) is 11.7. The Hall–Kier alpha value is -2.70. The Labute approximate surface area is 165 Å². The third kappa shape index (κ3) is 4.58. The van der Waals surface area contributed by atoms with Crippen LogP contribution in [0, 0.1) is 12.8 Å². The lowest BCUT2D eigenvalue weighted by Crippen LogP contribution is -2.23. The summed E-state index contributed by atoms with van der Waals surface area (Å²) in [7, 11) is -3.94. The van der Waals surface area contributed by atoms with Gasteiger partial charge in [-0.25, -0.2) is 8.42 Å². The molecule has 2 heterocycles. The number of sulfonamides is 1. The van der Waals surface area contributed by atoms with Gasteiger partial charge in [0.05, 0.1) is 6.54 Å². The number of rotatable bonds is 7. The van der Waals surface area contributed by atoms with E-state index < -0.39 is 10.0 Å². The number of hydrogen-bond donors (Lipinski definition) is 2. The Morgan fingerprint density at radius 3 is 2.71 bits per heavy atom. The predicted octanol–water partition coefficient (Wildman–Crippen LogP) is 1.97. The number of aryl methyl sites for hydroxylation is 1. The van der Waals surface area contributed by atoms with Crippen molar-refractivity contribution in [1.82, 2.24) is 25.1 Å². The summed E-state index contributed by atoms with van der Waals surface area (Å²) in [5, 5.41) is 13.8. The van der Waals surface area contributed by atoms with Gasteiger partial charge in [0.1, 0.15) is 0 Å². The van der Waals surface area contributed by atoms with E-state index in [0.29, 0.717) is 5.82 Å². The molecule has 2 N–H and O–H groups in total. The highest BCUT2D eigenvalue weighted by atomic mass is 32.2. The van der Waals surface area contributed by atoms with Crippen LogP contribution in [-0.2, 0) is 21.4 Å². The number of aromatic nitrogens is 4. The van der Waals surface area contributed by atoms with Gasteiger partial charge < -0.3 is 9.84 Å². The first-order valence-corrected chi connectivity index (χ1v) is 10.6. The number of amides is 1. The SMILES string of the molecule is Cc1ccccc1-c1noc(CNS(=O)(=O)c2nnc(NC(=O)C(C)C)s2)n1. The lowest BCUT2D eigenvalue weighted by atomic mass is 10.1. The first-order chi connectivity index (χ1) is 13.3. The smallest absolute Gasteiger partial charge is 0.270 e. The third-order valence-electron chi connectivity index (χ3n) is 3.66. The van der Waals surface area contributed by atoms with Crippen LogP contribution in [0.2, 0.25) is 0 Å². The maximum absolute atomic E-state index is 12.4. The predicted molar refractivity (Wildman–Crippen MR) is 102 cm³/mol. The van der Waals surface area contributed by atoms with E-state index in [1.807, 2.05) is 31.2 Å². The van der Waals surface area contributed by atoms with Crippen LogP contribution in [0.5, 0.6) is 0 Å². The van der Waals surface area contributed by atoms with Crippen LogP contribution in [0.25, 0.3) is 11.4 Å². The largest absolute Gasteiger partial charge is 0.338 e. The van der Waals surface area contributed by atoms with E-state index in [2.05, 4.69) is 30.4 Å². The van der Waals surface area contributed by atoms with Crippen molar-refractivity contribution in [3.8, 4) is 11.4 Å². The molecule has 12 heteroatoms. The van der Waals surface area contributed by atoms with Gasteiger partial charge in [0.15, 0.2) is 0 Å². The molecule has 3 aromatic rings. The first-order valence-electron chi connectivity index (χ1n) is 8.29. The van der Waals surface area contributed by atoms with Crippen molar-refractivity contribution >= 4 is 32.4 Å². The minimum atomic E-state index is -3.94. The molecule has 28 heavy (non-hydrogen) atoms. The van der Waals surface area contributed by atoms with Crippen LogP contribution in [0.4, 0.5) is 5.13 Å². The van der Waals surface area contributed by atoms with Gasteiger partial charge in [0, 0.05) is 11.5 Å². The molecule has 0 aliphatic carbocycles. The van der Waals surface area contributed by atoms with E-state index in [1.54, 1.807) is 13.8 Å². The fourth-order valence-electron chi connectivity index (χ4n) is 2.10. The zero-order valence-corrected chi connectivity index (χ0v) is 17.0. The molecule has 0 atom stereocenters. The molecule has 0 bridgehead atoms. The average Bonchev–Trinajstić information content (AvgIpc) is 3.30. The van der Waals surface area contributed by atoms with Crippen LogP contribution >= 0.6 is 11.3 Å². The minimum absolute atomic E-state index is 0.110. The summed E-state index contributed by atoms with van der Waals surface area (Å²) in [6, 6.07) is 7.52. The second kappa shape index (κ2) is 8.12. The molecule has 0 radical (unpaired) electrons. The average molecular weight is 422 g/mol. The van der Waals surface area contributed by atoms with Crippen LogP contribution < -0.4 is 10.0 Å². The highest BCUT2D eigenvalue weighted by molar-refractivity contribution is 7.91. The van der Waals surface area contributed by atoms with Crippen LogP contribution in [0.3, 0.4) is 0 Å². The molecular formula is C16H18N6O4S2. The van der Waals surface area contributed by atoms with Gasteiger partial charge in [-0.05, 0) is 12.5 Å². The Bertz CT molecular complexity index is 1090. The van der Waals surface area contributed by atoms with Gasteiger partial charge in [0.2, 0.25) is 27.1 Å². The van der Waals surface area contributed by atoms with Crippen LogP contribution in [0.15, 0.2) is 33.1 Å². The summed E-state index contributed by atoms with van der Waals surface area (Å²) in [6.07, 6.45) is 0. The maximum Gasteiger partial charge on any atom is 0.270 e. The molecule has 0 aliphatic rings. The van der Waals surface area contributed by atoms with E-state index >= 15 is 0 Å². The zero-order valence-electron chi connectivity index (χ0n) is 15.3. The summed E-state index contributed by atoms with van der Waals surface area (Å²) >= 11 is 0.753. The summed E-state index contributed by atoms with van der Waals surface area (Å²) in [5.74, 6) is -0.0497. The van der Waals surface area contributed by atoms with Gasteiger partial charge in [-0.3, -0.25) is 4.79 Å². The second-order valence-electron chi connectivity index (χ2n) is 6.17. The highest BCUT2D eigenvalue weighted by Gasteiger charge is 2.22. The Kier molecular flexibility index (Phi) is 5.82. The van der Waals surface area contributed by atoms with Crippen molar-refractivity contribution in [1.29, 1.82) is 0 Å². The van der Waals surface area contributed by atoms with E-state index in [-0.39, 0.29) is 33.7 Å². The highest BCUT2D eigenvalue weighted by Crippen LogP contribution is 2.22. The second-order valence-corrected chi connectivity index (χ2v) is 9.09. The quantitative estimate of drug-likeness (QED) is 0.551. The Balaban J connectivity index is 1.67. The van der Waals surface area contributed by atoms with Crippen LogP contribution in [-0.4, -0.2) is 34.7 Å². The first kappa shape index (κ1) is 20.0. The summed E-state index contributed by atoms with van der Waals surface area (Å²) in [6.45, 7) is 5.14. The van der Waals surface area contributed by atoms with Crippen molar-refractivity contribution in [2.45, 2.75) is 31.7 Å². The number of carbonyl (C=O) groups is 1. The van der Waals surface area contributed by atoms with E-state index in [4.69, 9.17) is 4.52 Å². The number of carbonyl (C=O) groups excluding carboxylic acids is 1. The van der Waals surface area contributed by atoms with Crippen molar-refractivity contribution in [2.75, 3.05) is 5.32 Å². The number of benzene rings is 1. The number of anilines is 1. The molecule has 0 saturated carbocycles. The van der Waals surface area contributed by atoms with Crippen molar-refractivity contribution in [2.24, 2.45) is 5.92 Å². The standard InChI is InChI=1S/C16H18N6O4S2/c1-9(2)14(23)19-15-20-21-16(27-15)28(24,25)17-8-12-18-13(22-26-12)11-7-5-4-6-10(11)3/h4-7,9,17H,8H2,1-3H3,(H,19,20,23). The Morgan fingerprint density at radius 2 is 2.00 bits per heavy atom. The lowest BCUT2D eigenvalue weighted by molar-refractivity contribution is -0.118. The van der Waals surface area contributed by atoms with Crippen LogP contribution in [0.1, 0.15) is 25.3 Å². The van der Waals surface area contributed by atoms with Crippen molar-refractivity contribution < 1.29 is 17.7 Å². The molecule has 1 amide bonds. The Morgan fingerprint density at radius 1 is 1.25 bits per heavy atom. The molecule has 1 aromatic carbocycles. The van der Waals surface area contributed by atoms with Gasteiger partial charge in [0.25, 0.3) is 10.0 Å². The third-order valence-corrected chi connectivity index (χ3v) is 6.27. The monoisotopic (exact) mass is 422 g/mol. The molecule has 0 fully saturated rings. The molecule has 10 nitrogen and oxygen atoms in total. The maximum atomic E-state index is 12.4. The van der Waals surface area contributed by atoms with Crippen molar-refractivity contribution in [3.63, 3.8) is 0 Å². The number of nitrogens with zero attached hydrogens (tertiary/aromatic N) is 4. The minimum Gasteiger partial charge on any atom is -0.338 e. The lowest BCUT2D eigenvalue weighted by Gasteiger charge is -2.02. The molecular weight excluding hydrogens is 404 g/mol. The fourth-order valence-corrected chi connectivity index (χ4v) is 4.01. The molecule has 0 saturated heterocycles. The number of hydrogen-bond acceptors (Lipinski definition) is 9. The van der Waals surface area contributed by atoms with Crippen molar-refractivity contribution in [3.05, 3.63) is 35.7 Å². The van der Waals surface area contributed by atoms with Gasteiger partial charge >= 0.3 is 0 Å². The molecule has 0 unspecified atom stereocenters. The molecule has 148 valence electrons. The number of nitrogens with one attached hydrogen (secondary N) is 2. The molecule has 3 rings (SSSR count). The molecule has 2 aromatic heterocycles. The van der Waals surface area contributed by atoms with E-state index in [0.717, 1.165) is 22.5 Å². The fraction of sp³-hybridized carbons (Fsp3) is 0.312. The zero-order chi connectivity index (χ0) is 20.3. The van der Waals surface area contributed by atoms with Gasteiger partial charge in [-0.15, -0.1) is 10.2 Å². The summed E-state index contributed by atoms with van der Waals surface area (Å²) in [4.78, 5) is 15.9.